The second-order valence-corrected chi connectivity index (χ2v) is 4.15. The normalized spacial score (nSPS) is 13.5. The van der Waals surface area contributed by atoms with Crippen molar-refractivity contribution in [1.82, 2.24) is 0 Å². The molecule has 19 heavy (non-hydrogen) atoms. The van der Waals surface area contributed by atoms with Crippen LogP contribution in [0.2, 0.25) is 0 Å². The van der Waals surface area contributed by atoms with Gasteiger partial charge in [-0.15, -0.1) is 0 Å². The van der Waals surface area contributed by atoms with Crippen molar-refractivity contribution in [2.75, 3.05) is 6.79 Å². The molecule has 3 nitrogen and oxygen atoms in total. The van der Waals surface area contributed by atoms with E-state index < -0.39 is 6.10 Å². The maximum absolute atomic E-state index is 10.0. The van der Waals surface area contributed by atoms with Gasteiger partial charge in [-0.3, -0.25) is 0 Å². The van der Waals surface area contributed by atoms with Crippen LogP contribution in [0.25, 0.3) is 0 Å². The molecule has 0 amide bonds. The van der Waals surface area contributed by atoms with Gasteiger partial charge in [0.1, 0.15) is 6.10 Å². The lowest BCUT2D eigenvalue weighted by Crippen LogP contribution is -1.94. The van der Waals surface area contributed by atoms with E-state index in [1.807, 2.05) is 30.3 Å². The van der Waals surface area contributed by atoms with Gasteiger partial charge in [0, 0.05) is 5.56 Å². The monoisotopic (exact) mass is 252 g/mol. The second kappa shape index (κ2) is 5.05. The highest BCUT2D eigenvalue weighted by atomic mass is 16.7. The SMILES string of the molecule is O[C@@H](C#Cc1ccccc1)c1ccc2c(c1)OCO2. The predicted molar refractivity (Wildman–Crippen MR) is 70.8 cm³/mol. The summed E-state index contributed by atoms with van der Waals surface area (Å²) >= 11 is 0. The highest BCUT2D eigenvalue weighted by Crippen LogP contribution is 2.34. The maximum atomic E-state index is 10.0. The maximum Gasteiger partial charge on any atom is 0.231 e. The molecule has 0 aromatic heterocycles. The first-order chi connectivity index (χ1) is 9.33. The average molecular weight is 252 g/mol. The largest absolute Gasteiger partial charge is 0.454 e. The average Bonchev–Trinajstić information content (AvgIpc) is 2.93. The van der Waals surface area contributed by atoms with Gasteiger partial charge in [0.2, 0.25) is 6.79 Å². The Labute approximate surface area is 111 Å². The highest BCUT2D eigenvalue weighted by Gasteiger charge is 2.15. The molecule has 0 bridgehead atoms. The minimum absolute atomic E-state index is 0.227. The van der Waals surface area contributed by atoms with Crippen molar-refractivity contribution in [3.63, 3.8) is 0 Å². The van der Waals surface area contributed by atoms with Crippen molar-refractivity contribution in [2.45, 2.75) is 6.10 Å². The fourth-order valence-electron chi connectivity index (χ4n) is 1.84. The molecule has 0 saturated carbocycles. The van der Waals surface area contributed by atoms with Crippen molar-refractivity contribution < 1.29 is 14.6 Å². The van der Waals surface area contributed by atoms with Crippen LogP contribution in [0.5, 0.6) is 11.5 Å². The molecule has 3 heteroatoms. The van der Waals surface area contributed by atoms with Crippen molar-refractivity contribution >= 4 is 0 Å². The van der Waals surface area contributed by atoms with Gasteiger partial charge in [0.15, 0.2) is 11.5 Å². The van der Waals surface area contributed by atoms with Gasteiger partial charge >= 0.3 is 0 Å². The molecule has 3 rings (SSSR count). The van der Waals surface area contributed by atoms with E-state index in [0.717, 1.165) is 5.56 Å². The van der Waals surface area contributed by atoms with E-state index in [9.17, 15) is 5.11 Å². The number of benzene rings is 2. The Kier molecular flexibility index (Phi) is 3.09. The van der Waals surface area contributed by atoms with Gasteiger partial charge < -0.3 is 14.6 Å². The number of fused-ring (bicyclic) bond motifs is 1. The van der Waals surface area contributed by atoms with Gasteiger partial charge in [0.25, 0.3) is 0 Å². The molecule has 0 aliphatic carbocycles. The Balaban J connectivity index is 1.81. The Morgan fingerprint density at radius 3 is 2.63 bits per heavy atom. The summed E-state index contributed by atoms with van der Waals surface area (Å²) in [5.74, 6) is 7.11. The fraction of sp³-hybridized carbons (Fsp3) is 0.125. The smallest absolute Gasteiger partial charge is 0.231 e. The van der Waals surface area contributed by atoms with Crippen LogP contribution < -0.4 is 9.47 Å². The summed E-state index contributed by atoms with van der Waals surface area (Å²) in [5.41, 5.74) is 1.58. The standard InChI is InChI=1S/C16H12O3/c17-14(8-6-12-4-2-1-3-5-12)13-7-9-15-16(10-13)19-11-18-15/h1-5,7,9-10,14,17H,11H2/t14-/m0/s1. The minimum atomic E-state index is -0.838. The van der Waals surface area contributed by atoms with Crippen molar-refractivity contribution in [1.29, 1.82) is 0 Å². The number of ether oxygens (including phenoxy) is 2. The van der Waals surface area contributed by atoms with Gasteiger partial charge in [-0.2, -0.15) is 0 Å². The first-order valence-corrected chi connectivity index (χ1v) is 5.97. The molecule has 0 fully saturated rings. The molecular formula is C16H12O3. The van der Waals surface area contributed by atoms with Crippen LogP contribution in [-0.4, -0.2) is 11.9 Å². The van der Waals surface area contributed by atoms with Gasteiger partial charge in [-0.25, -0.2) is 0 Å². The first kappa shape index (κ1) is 11.6. The summed E-state index contributed by atoms with van der Waals surface area (Å²) in [6.45, 7) is 0.227. The summed E-state index contributed by atoms with van der Waals surface area (Å²) in [7, 11) is 0. The minimum Gasteiger partial charge on any atom is -0.454 e. The number of hydrogen-bond acceptors (Lipinski definition) is 3. The summed E-state index contributed by atoms with van der Waals surface area (Å²) in [4.78, 5) is 0. The lowest BCUT2D eigenvalue weighted by Gasteiger charge is -2.04. The van der Waals surface area contributed by atoms with Crippen LogP contribution in [-0.2, 0) is 0 Å². The number of hydrogen-bond donors (Lipinski definition) is 1. The zero-order valence-corrected chi connectivity index (χ0v) is 10.2. The third-order valence-corrected chi connectivity index (χ3v) is 2.84. The fourth-order valence-corrected chi connectivity index (χ4v) is 1.84. The van der Waals surface area contributed by atoms with E-state index >= 15 is 0 Å². The van der Waals surface area contributed by atoms with Crippen LogP contribution >= 0.6 is 0 Å². The number of rotatable bonds is 1. The van der Waals surface area contributed by atoms with Crippen molar-refractivity contribution in [2.24, 2.45) is 0 Å². The van der Waals surface area contributed by atoms with E-state index in [1.165, 1.54) is 0 Å². The zero-order chi connectivity index (χ0) is 13.1. The molecule has 1 atom stereocenters. The van der Waals surface area contributed by atoms with Crippen LogP contribution in [0.1, 0.15) is 17.2 Å². The van der Waals surface area contributed by atoms with Crippen molar-refractivity contribution in [3.8, 4) is 23.3 Å². The van der Waals surface area contributed by atoms with E-state index in [-0.39, 0.29) is 6.79 Å². The summed E-state index contributed by atoms with van der Waals surface area (Å²) < 4.78 is 10.5. The zero-order valence-electron chi connectivity index (χ0n) is 10.2. The van der Waals surface area contributed by atoms with Crippen LogP contribution in [0.4, 0.5) is 0 Å². The molecule has 1 N–H and O–H groups in total. The van der Waals surface area contributed by atoms with E-state index in [1.54, 1.807) is 18.2 Å². The van der Waals surface area contributed by atoms with Gasteiger partial charge in [-0.1, -0.05) is 36.1 Å². The third-order valence-electron chi connectivity index (χ3n) is 2.84. The van der Waals surface area contributed by atoms with E-state index in [4.69, 9.17) is 9.47 Å². The lowest BCUT2D eigenvalue weighted by atomic mass is 10.1. The van der Waals surface area contributed by atoms with Crippen molar-refractivity contribution in [3.05, 3.63) is 59.7 Å². The van der Waals surface area contributed by atoms with E-state index in [2.05, 4.69) is 11.8 Å². The Morgan fingerprint density at radius 2 is 1.79 bits per heavy atom. The van der Waals surface area contributed by atoms with Gasteiger partial charge in [-0.05, 0) is 29.8 Å². The number of aliphatic hydroxyl groups is 1. The van der Waals surface area contributed by atoms with Crippen LogP contribution in [0, 0.1) is 11.8 Å². The third kappa shape index (κ3) is 2.54. The highest BCUT2D eigenvalue weighted by molar-refractivity contribution is 5.46. The molecule has 1 aliphatic heterocycles. The molecule has 0 unspecified atom stereocenters. The molecule has 2 aromatic carbocycles. The molecule has 94 valence electrons. The van der Waals surface area contributed by atoms with Crippen LogP contribution in [0.15, 0.2) is 48.5 Å². The Hall–Kier alpha value is -2.44. The topological polar surface area (TPSA) is 38.7 Å². The Morgan fingerprint density at radius 1 is 1.00 bits per heavy atom. The van der Waals surface area contributed by atoms with Crippen LogP contribution in [0.3, 0.4) is 0 Å². The number of aliphatic hydroxyl groups excluding tert-OH is 1. The molecule has 1 heterocycles. The molecule has 0 radical (unpaired) electrons. The quantitative estimate of drug-likeness (QED) is 0.792. The summed E-state index contributed by atoms with van der Waals surface area (Å²) in [6, 6.07) is 14.9. The lowest BCUT2D eigenvalue weighted by molar-refractivity contribution is 0.173. The summed E-state index contributed by atoms with van der Waals surface area (Å²) in [5, 5.41) is 10.0. The van der Waals surface area contributed by atoms with Gasteiger partial charge in [0.05, 0.1) is 0 Å². The first-order valence-electron chi connectivity index (χ1n) is 5.97. The Bertz CT molecular complexity index is 638. The molecule has 0 saturated heterocycles. The summed E-state index contributed by atoms with van der Waals surface area (Å²) in [6.07, 6.45) is -0.838. The molecule has 2 aromatic rings. The van der Waals surface area contributed by atoms with E-state index in [0.29, 0.717) is 17.1 Å². The molecule has 1 aliphatic rings. The predicted octanol–water partition coefficient (Wildman–Crippen LogP) is 2.50. The molecule has 0 spiro atoms. The second-order valence-electron chi connectivity index (χ2n) is 4.15. The molecular weight excluding hydrogens is 240 g/mol.